The van der Waals surface area contributed by atoms with Crippen molar-refractivity contribution in [3.8, 4) is 5.75 Å². The fraction of sp³-hybridized carbons (Fsp3) is 0.562. The zero-order chi connectivity index (χ0) is 14.7. The summed E-state index contributed by atoms with van der Waals surface area (Å²) in [6.45, 7) is 4.50. The van der Waals surface area contributed by atoms with Crippen LogP contribution in [0.2, 0.25) is 0 Å². The van der Waals surface area contributed by atoms with E-state index in [9.17, 15) is 9.90 Å². The number of likely N-dealkylation sites (tertiary alicyclic amines) is 1. The van der Waals surface area contributed by atoms with E-state index in [1.54, 1.807) is 14.0 Å². The zero-order valence-electron chi connectivity index (χ0n) is 12.4. The molecule has 1 aromatic carbocycles. The van der Waals surface area contributed by atoms with Gasteiger partial charge in [0.2, 0.25) is 0 Å². The van der Waals surface area contributed by atoms with E-state index in [0.29, 0.717) is 17.7 Å². The lowest BCUT2D eigenvalue weighted by Crippen LogP contribution is -2.37. The molecule has 0 aromatic heterocycles. The number of ether oxygens (including phenoxy) is 1. The van der Waals surface area contributed by atoms with Gasteiger partial charge in [0.05, 0.1) is 18.8 Å². The molecule has 1 saturated heterocycles. The number of nitrogens with zero attached hydrogens (tertiary/aromatic N) is 1. The topological polar surface area (TPSA) is 49.8 Å². The molecule has 110 valence electrons. The number of aliphatic hydroxyl groups excluding tert-OH is 1. The summed E-state index contributed by atoms with van der Waals surface area (Å²) in [5, 5.41) is 9.57. The van der Waals surface area contributed by atoms with E-state index in [-0.39, 0.29) is 18.1 Å². The minimum atomic E-state index is -0.382. The molecule has 0 saturated carbocycles. The average molecular weight is 277 g/mol. The van der Waals surface area contributed by atoms with Crippen molar-refractivity contribution in [3.05, 3.63) is 29.3 Å². The van der Waals surface area contributed by atoms with E-state index >= 15 is 0 Å². The Balaban J connectivity index is 2.24. The van der Waals surface area contributed by atoms with E-state index in [4.69, 9.17) is 4.74 Å². The first-order valence-corrected chi connectivity index (χ1v) is 7.16. The molecule has 4 heteroatoms. The predicted molar refractivity (Wildman–Crippen MR) is 78.1 cm³/mol. The van der Waals surface area contributed by atoms with Crippen LogP contribution in [0.1, 0.15) is 42.1 Å². The number of rotatable bonds is 4. The highest BCUT2D eigenvalue weighted by atomic mass is 16.5. The second-order valence-electron chi connectivity index (χ2n) is 5.58. The molecule has 2 rings (SSSR count). The molecular weight excluding hydrogens is 254 g/mol. The molecule has 4 nitrogen and oxygen atoms in total. The summed E-state index contributed by atoms with van der Waals surface area (Å²) in [5.41, 5.74) is 1.66. The maximum absolute atomic E-state index is 12.7. The molecule has 2 atom stereocenters. The molecule has 0 aliphatic carbocycles. The van der Waals surface area contributed by atoms with Crippen LogP contribution in [0.5, 0.6) is 5.75 Å². The molecule has 1 fully saturated rings. The first-order valence-electron chi connectivity index (χ1n) is 7.16. The molecule has 0 radical (unpaired) electrons. The van der Waals surface area contributed by atoms with Gasteiger partial charge in [0.15, 0.2) is 0 Å². The second-order valence-corrected chi connectivity index (χ2v) is 5.58. The minimum absolute atomic E-state index is 0.00806. The Morgan fingerprint density at radius 1 is 1.55 bits per heavy atom. The standard InChI is InChI=1S/C16H23NO3/c1-11-6-7-15(20-3)14(9-11)16(19)17-8-4-5-13(17)10-12(2)18/h6-7,9,12-13,18H,4-5,8,10H2,1-3H3. The van der Waals surface area contributed by atoms with Gasteiger partial charge < -0.3 is 14.7 Å². The molecule has 0 spiro atoms. The average Bonchev–Trinajstić information content (AvgIpc) is 2.85. The monoisotopic (exact) mass is 277 g/mol. The Kier molecular flexibility index (Phi) is 4.65. The third kappa shape index (κ3) is 3.12. The Morgan fingerprint density at radius 2 is 2.30 bits per heavy atom. The quantitative estimate of drug-likeness (QED) is 0.919. The maximum Gasteiger partial charge on any atom is 0.257 e. The Hall–Kier alpha value is -1.55. The van der Waals surface area contributed by atoms with Gasteiger partial charge in [-0.05, 0) is 45.2 Å². The summed E-state index contributed by atoms with van der Waals surface area (Å²) in [6, 6.07) is 5.78. The lowest BCUT2D eigenvalue weighted by Gasteiger charge is -2.26. The Morgan fingerprint density at radius 3 is 2.95 bits per heavy atom. The maximum atomic E-state index is 12.7. The summed E-state index contributed by atoms with van der Waals surface area (Å²) >= 11 is 0. The van der Waals surface area contributed by atoms with Crippen LogP contribution in [0.25, 0.3) is 0 Å². The van der Waals surface area contributed by atoms with E-state index in [2.05, 4.69) is 0 Å². The van der Waals surface area contributed by atoms with Gasteiger partial charge in [-0.1, -0.05) is 11.6 Å². The van der Waals surface area contributed by atoms with Crippen LogP contribution in [0.15, 0.2) is 18.2 Å². The number of aliphatic hydroxyl groups is 1. The molecule has 1 aromatic rings. The number of hydrogen-bond donors (Lipinski definition) is 1. The molecule has 1 N–H and O–H groups in total. The first-order chi connectivity index (χ1) is 9.52. The van der Waals surface area contributed by atoms with E-state index in [0.717, 1.165) is 24.9 Å². The normalized spacial score (nSPS) is 20.0. The van der Waals surface area contributed by atoms with Crippen molar-refractivity contribution in [2.45, 2.75) is 45.3 Å². The molecule has 20 heavy (non-hydrogen) atoms. The van der Waals surface area contributed by atoms with Crippen LogP contribution in [-0.2, 0) is 0 Å². The van der Waals surface area contributed by atoms with Crippen molar-refractivity contribution >= 4 is 5.91 Å². The number of carbonyl (C=O) groups is 1. The number of benzene rings is 1. The number of aryl methyl sites for hydroxylation is 1. The highest BCUT2D eigenvalue weighted by molar-refractivity contribution is 5.97. The van der Waals surface area contributed by atoms with Crippen LogP contribution in [-0.4, -0.2) is 41.7 Å². The van der Waals surface area contributed by atoms with Crippen LogP contribution in [0, 0.1) is 6.92 Å². The predicted octanol–water partition coefficient (Wildman–Crippen LogP) is 2.38. The van der Waals surface area contributed by atoms with Crippen LogP contribution in [0.4, 0.5) is 0 Å². The Labute approximate surface area is 120 Å². The van der Waals surface area contributed by atoms with Crippen molar-refractivity contribution < 1.29 is 14.6 Å². The fourth-order valence-corrected chi connectivity index (χ4v) is 2.89. The number of methoxy groups -OCH3 is 1. The summed E-state index contributed by atoms with van der Waals surface area (Å²) in [6.07, 6.45) is 2.22. The van der Waals surface area contributed by atoms with Gasteiger partial charge in [-0.15, -0.1) is 0 Å². The first kappa shape index (κ1) is 14.9. The smallest absolute Gasteiger partial charge is 0.257 e. The van der Waals surface area contributed by atoms with Gasteiger partial charge in [0, 0.05) is 12.6 Å². The third-order valence-corrected chi connectivity index (χ3v) is 3.84. The summed E-state index contributed by atoms with van der Waals surface area (Å²) in [4.78, 5) is 14.6. The van der Waals surface area contributed by atoms with Gasteiger partial charge in [-0.25, -0.2) is 0 Å². The van der Waals surface area contributed by atoms with Gasteiger partial charge >= 0.3 is 0 Å². The molecule has 1 heterocycles. The molecule has 2 unspecified atom stereocenters. The van der Waals surface area contributed by atoms with Crippen molar-refractivity contribution in [3.63, 3.8) is 0 Å². The van der Waals surface area contributed by atoms with E-state index in [1.807, 2.05) is 30.0 Å². The van der Waals surface area contributed by atoms with Crippen LogP contribution < -0.4 is 4.74 Å². The number of amides is 1. The van der Waals surface area contributed by atoms with Gasteiger partial charge in [0.25, 0.3) is 5.91 Å². The molecule has 1 aliphatic rings. The molecule has 1 amide bonds. The van der Waals surface area contributed by atoms with E-state index in [1.165, 1.54) is 0 Å². The minimum Gasteiger partial charge on any atom is -0.496 e. The Bertz CT molecular complexity index is 485. The molecule has 0 bridgehead atoms. The van der Waals surface area contributed by atoms with Crippen LogP contribution >= 0.6 is 0 Å². The van der Waals surface area contributed by atoms with Crippen molar-refractivity contribution in [2.24, 2.45) is 0 Å². The van der Waals surface area contributed by atoms with Gasteiger partial charge in [-0.2, -0.15) is 0 Å². The lowest BCUT2D eigenvalue weighted by atomic mass is 10.1. The van der Waals surface area contributed by atoms with Crippen molar-refractivity contribution in [1.29, 1.82) is 0 Å². The fourth-order valence-electron chi connectivity index (χ4n) is 2.89. The summed E-state index contributed by atoms with van der Waals surface area (Å²) < 4.78 is 5.30. The third-order valence-electron chi connectivity index (χ3n) is 3.84. The highest BCUT2D eigenvalue weighted by Gasteiger charge is 2.31. The van der Waals surface area contributed by atoms with Crippen LogP contribution in [0.3, 0.4) is 0 Å². The number of hydrogen-bond acceptors (Lipinski definition) is 3. The largest absolute Gasteiger partial charge is 0.496 e. The SMILES string of the molecule is COc1ccc(C)cc1C(=O)N1CCCC1CC(C)O. The van der Waals surface area contributed by atoms with Gasteiger partial charge in [-0.3, -0.25) is 4.79 Å². The van der Waals surface area contributed by atoms with Crippen molar-refractivity contribution in [1.82, 2.24) is 4.90 Å². The number of carbonyl (C=O) groups excluding carboxylic acids is 1. The van der Waals surface area contributed by atoms with E-state index < -0.39 is 0 Å². The highest BCUT2D eigenvalue weighted by Crippen LogP contribution is 2.27. The van der Waals surface area contributed by atoms with Gasteiger partial charge in [0.1, 0.15) is 5.75 Å². The molecule has 1 aliphatic heterocycles. The zero-order valence-corrected chi connectivity index (χ0v) is 12.4. The summed E-state index contributed by atoms with van der Waals surface area (Å²) in [7, 11) is 1.58. The second kappa shape index (κ2) is 6.27. The van der Waals surface area contributed by atoms with Crippen molar-refractivity contribution in [2.75, 3.05) is 13.7 Å². The molecular formula is C16H23NO3. The summed E-state index contributed by atoms with van der Waals surface area (Å²) in [5.74, 6) is 0.622. The lowest BCUT2D eigenvalue weighted by molar-refractivity contribution is 0.0679.